The standard InChI is InChI=1S/C17H18FN3O3/c1-9-4-5-21(19-9)15-7-14-11(6-13(15)18)16(22)12(17(23)24)8-20(14)10-2-3-10/h6-10,19H,2-5H2,1H3,(H,23,24). The Balaban J connectivity index is 1.95. The number of carboxylic acid groups (broad SMARTS) is 1. The zero-order valence-corrected chi connectivity index (χ0v) is 13.3. The van der Waals surface area contributed by atoms with Crippen molar-refractivity contribution >= 4 is 22.6 Å². The SMILES string of the molecule is CC1CCN(c2cc3c(cc2F)c(=O)c(C(=O)O)cn3C2CC2)N1. The minimum absolute atomic E-state index is 0.121. The summed E-state index contributed by atoms with van der Waals surface area (Å²) in [5, 5.41) is 11.1. The molecular weight excluding hydrogens is 313 g/mol. The molecule has 2 heterocycles. The van der Waals surface area contributed by atoms with Crippen LogP contribution in [0.2, 0.25) is 0 Å². The third-order valence-electron chi connectivity index (χ3n) is 4.72. The van der Waals surface area contributed by atoms with E-state index >= 15 is 0 Å². The van der Waals surface area contributed by atoms with Gasteiger partial charge in [0.2, 0.25) is 5.43 Å². The number of carbonyl (C=O) groups is 1. The molecule has 6 nitrogen and oxygen atoms in total. The van der Waals surface area contributed by atoms with Gasteiger partial charge in [-0.2, -0.15) is 0 Å². The van der Waals surface area contributed by atoms with E-state index in [1.165, 1.54) is 12.3 Å². The molecule has 1 unspecified atom stereocenters. The normalized spacial score (nSPS) is 20.8. The number of fused-ring (bicyclic) bond motifs is 1. The van der Waals surface area contributed by atoms with Gasteiger partial charge in [-0.15, -0.1) is 0 Å². The topological polar surface area (TPSA) is 74.6 Å². The molecule has 1 aromatic heterocycles. The van der Waals surface area contributed by atoms with Crippen molar-refractivity contribution in [1.82, 2.24) is 9.99 Å². The summed E-state index contributed by atoms with van der Waals surface area (Å²) >= 11 is 0. The Labute approximate surface area is 137 Å². The lowest BCUT2D eigenvalue weighted by molar-refractivity contribution is 0.0695. The number of carboxylic acids is 1. The molecule has 1 aliphatic carbocycles. The summed E-state index contributed by atoms with van der Waals surface area (Å²) in [6, 6.07) is 3.26. The highest BCUT2D eigenvalue weighted by Gasteiger charge is 2.28. The van der Waals surface area contributed by atoms with Crippen LogP contribution in [0.5, 0.6) is 0 Å². The molecule has 2 N–H and O–H groups in total. The maximum absolute atomic E-state index is 14.6. The lowest BCUT2D eigenvalue weighted by Gasteiger charge is -2.21. The quantitative estimate of drug-likeness (QED) is 0.902. The third-order valence-corrected chi connectivity index (χ3v) is 4.72. The fourth-order valence-electron chi connectivity index (χ4n) is 3.28. The number of hydrogen-bond acceptors (Lipinski definition) is 4. The molecule has 0 amide bonds. The van der Waals surface area contributed by atoms with E-state index in [1.54, 1.807) is 11.1 Å². The molecule has 24 heavy (non-hydrogen) atoms. The highest BCUT2D eigenvalue weighted by Crippen LogP contribution is 2.38. The van der Waals surface area contributed by atoms with E-state index < -0.39 is 17.2 Å². The average molecular weight is 331 g/mol. The number of hydrazine groups is 1. The number of pyridine rings is 1. The monoisotopic (exact) mass is 331 g/mol. The summed E-state index contributed by atoms with van der Waals surface area (Å²) in [5.41, 5.74) is 3.23. The van der Waals surface area contributed by atoms with Crippen LogP contribution < -0.4 is 15.9 Å². The van der Waals surface area contributed by atoms with E-state index in [4.69, 9.17) is 0 Å². The molecule has 4 rings (SSSR count). The maximum atomic E-state index is 14.6. The van der Waals surface area contributed by atoms with Crippen molar-refractivity contribution in [3.05, 3.63) is 39.9 Å². The fraction of sp³-hybridized carbons (Fsp3) is 0.412. The number of anilines is 1. The Morgan fingerprint density at radius 2 is 2.08 bits per heavy atom. The van der Waals surface area contributed by atoms with Crippen molar-refractivity contribution in [3.63, 3.8) is 0 Å². The Bertz CT molecular complexity index is 904. The second-order valence-corrected chi connectivity index (χ2v) is 6.61. The van der Waals surface area contributed by atoms with Gasteiger partial charge >= 0.3 is 5.97 Å². The number of halogens is 1. The maximum Gasteiger partial charge on any atom is 0.341 e. The lowest BCUT2D eigenvalue weighted by Crippen LogP contribution is -2.35. The van der Waals surface area contributed by atoms with Crippen molar-refractivity contribution < 1.29 is 14.3 Å². The van der Waals surface area contributed by atoms with Gasteiger partial charge in [0.25, 0.3) is 0 Å². The van der Waals surface area contributed by atoms with E-state index in [2.05, 4.69) is 5.43 Å². The molecule has 0 radical (unpaired) electrons. The largest absolute Gasteiger partial charge is 0.477 e. The first kappa shape index (κ1) is 15.1. The van der Waals surface area contributed by atoms with Crippen LogP contribution in [0.25, 0.3) is 10.9 Å². The van der Waals surface area contributed by atoms with Crippen molar-refractivity contribution in [1.29, 1.82) is 0 Å². The van der Waals surface area contributed by atoms with Crippen LogP contribution in [0, 0.1) is 5.82 Å². The molecule has 2 aromatic rings. The first-order chi connectivity index (χ1) is 11.5. The van der Waals surface area contributed by atoms with E-state index in [1.807, 2.05) is 11.5 Å². The summed E-state index contributed by atoms with van der Waals surface area (Å²) < 4.78 is 16.4. The van der Waals surface area contributed by atoms with Gasteiger partial charge in [0.05, 0.1) is 11.2 Å². The van der Waals surface area contributed by atoms with Crippen LogP contribution >= 0.6 is 0 Å². The highest BCUT2D eigenvalue weighted by atomic mass is 19.1. The van der Waals surface area contributed by atoms with Crippen LogP contribution in [0.3, 0.4) is 0 Å². The molecule has 2 fully saturated rings. The number of aromatic nitrogens is 1. The van der Waals surface area contributed by atoms with Crippen LogP contribution in [0.1, 0.15) is 42.6 Å². The van der Waals surface area contributed by atoms with Crippen molar-refractivity contribution in [3.8, 4) is 0 Å². The number of hydrogen-bond donors (Lipinski definition) is 2. The Hall–Kier alpha value is -2.41. The molecule has 1 aliphatic heterocycles. The second-order valence-electron chi connectivity index (χ2n) is 6.61. The van der Waals surface area contributed by atoms with Crippen molar-refractivity contribution in [2.24, 2.45) is 0 Å². The smallest absolute Gasteiger partial charge is 0.341 e. The summed E-state index contributed by atoms with van der Waals surface area (Å²) in [4.78, 5) is 23.7. The van der Waals surface area contributed by atoms with Crippen LogP contribution in [-0.4, -0.2) is 28.2 Å². The number of nitrogens with one attached hydrogen (secondary N) is 1. The van der Waals surface area contributed by atoms with E-state index in [9.17, 15) is 19.1 Å². The van der Waals surface area contributed by atoms with E-state index in [-0.39, 0.29) is 23.0 Å². The molecule has 1 saturated carbocycles. The molecule has 1 aromatic carbocycles. The average Bonchev–Trinajstić information content (AvgIpc) is 3.28. The number of nitrogens with zero attached hydrogens (tertiary/aromatic N) is 2. The molecule has 7 heteroatoms. The van der Waals surface area contributed by atoms with Gasteiger partial charge < -0.3 is 14.7 Å². The molecule has 0 spiro atoms. The van der Waals surface area contributed by atoms with Crippen molar-refractivity contribution in [2.45, 2.75) is 38.3 Å². The number of aromatic carboxylic acids is 1. The van der Waals surface area contributed by atoms with E-state index in [0.717, 1.165) is 19.3 Å². The van der Waals surface area contributed by atoms with Gasteiger partial charge in [-0.1, -0.05) is 0 Å². The lowest BCUT2D eigenvalue weighted by atomic mass is 10.1. The molecular formula is C17H18FN3O3. The minimum Gasteiger partial charge on any atom is -0.477 e. The van der Waals surface area contributed by atoms with Gasteiger partial charge in [0.1, 0.15) is 11.4 Å². The Morgan fingerprint density at radius 3 is 2.67 bits per heavy atom. The van der Waals surface area contributed by atoms with E-state index in [0.29, 0.717) is 17.7 Å². The highest BCUT2D eigenvalue weighted by molar-refractivity contribution is 5.93. The minimum atomic E-state index is -1.28. The number of rotatable bonds is 3. The summed E-state index contributed by atoms with van der Waals surface area (Å²) in [6.45, 7) is 2.71. The Kier molecular flexibility index (Phi) is 3.35. The molecule has 0 bridgehead atoms. The predicted molar refractivity (Wildman–Crippen MR) is 88.0 cm³/mol. The van der Waals surface area contributed by atoms with Crippen molar-refractivity contribution in [2.75, 3.05) is 11.6 Å². The van der Waals surface area contributed by atoms with Gasteiger partial charge in [0.15, 0.2) is 0 Å². The molecule has 2 aliphatic rings. The van der Waals surface area contributed by atoms with Crippen LogP contribution in [-0.2, 0) is 0 Å². The first-order valence-corrected chi connectivity index (χ1v) is 8.11. The Morgan fingerprint density at radius 1 is 1.33 bits per heavy atom. The van der Waals surface area contributed by atoms with Crippen LogP contribution in [0.15, 0.2) is 23.1 Å². The number of benzene rings is 1. The molecule has 126 valence electrons. The van der Waals surface area contributed by atoms with Gasteiger partial charge in [-0.05, 0) is 38.3 Å². The third kappa shape index (κ3) is 2.36. The van der Waals surface area contributed by atoms with Crippen LogP contribution in [0.4, 0.5) is 10.1 Å². The first-order valence-electron chi connectivity index (χ1n) is 8.11. The fourth-order valence-corrected chi connectivity index (χ4v) is 3.28. The zero-order valence-electron chi connectivity index (χ0n) is 13.3. The predicted octanol–water partition coefficient (Wildman–Crippen LogP) is 2.28. The van der Waals surface area contributed by atoms with Gasteiger partial charge in [-0.3, -0.25) is 4.79 Å². The van der Waals surface area contributed by atoms with Gasteiger partial charge in [0, 0.05) is 30.2 Å². The second kappa shape index (κ2) is 5.31. The summed E-state index contributed by atoms with van der Waals surface area (Å²) in [6.07, 6.45) is 4.17. The molecule has 1 atom stereocenters. The molecule has 1 saturated heterocycles. The summed E-state index contributed by atoms with van der Waals surface area (Å²) in [7, 11) is 0. The zero-order chi connectivity index (χ0) is 17.0. The van der Waals surface area contributed by atoms with Gasteiger partial charge in [-0.25, -0.2) is 14.6 Å². The summed E-state index contributed by atoms with van der Waals surface area (Å²) in [5.74, 6) is -1.80.